The number of halogens is 1. The highest BCUT2D eigenvalue weighted by atomic mass is 79.9. The Kier molecular flexibility index (Phi) is 7.24. The molecule has 1 unspecified atom stereocenters. The molecule has 0 amide bonds. The van der Waals surface area contributed by atoms with E-state index < -0.39 is 0 Å². The van der Waals surface area contributed by atoms with Gasteiger partial charge in [0.25, 0.3) is 0 Å². The highest BCUT2D eigenvalue weighted by Crippen LogP contribution is 2.33. The number of hydrogen-bond acceptors (Lipinski definition) is 2. The summed E-state index contributed by atoms with van der Waals surface area (Å²) in [5, 5.41) is 8.27. The molecule has 0 spiro atoms. The predicted octanol–water partition coefficient (Wildman–Crippen LogP) is 5.07. The van der Waals surface area contributed by atoms with Crippen molar-refractivity contribution in [3.05, 3.63) is 16.4 Å². The number of rotatable bonds is 7. The fourth-order valence-corrected chi connectivity index (χ4v) is 4.09. The van der Waals surface area contributed by atoms with Gasteiger partial charge in [0.2, 0.25) is 0 Å². The molecule has 1 saturated carbocycles. The van der Waals surface area contributed by atoms with Gasteiger partial charge in [-0.2, -0.15) is 5.10 Å². The molecule has 1 aromatic heterocycles. The molecule has 120 valence electrons. The average Bonchev–Trinajstić information content (AvgIpc) is 2.70. The standard InChI is InChI=1S/C17H30BrN3/c1-3-11-19-16(12-14-9-7-5-6-8-10-14)17-15(18)13-20-21(17)4-2/h13-14,16,19H,3-12H2,1-2H3. The van der Waals surface area contributed by atoms with Gasteiger partial charge in [-0.05, 0) is 48.2 Å². The monoisotopic (exact) mass is 355 g/mol. The first-order valence-corrected chi connectivity index (χ1v) is 9.50. The summed E-state index contributed by atoms with van der Waals surface area (Å²) in [5.74, 6) is 0.869. The number of nitrogens with one attached hydrogen (secondary N) is 1. The maximum atomic E-state index is 4.50. The third-order valence-corrected chi connectivity index (χ3v) is 5.26. The van der Waals surface area contributed by atoms with Gasteiger partial charge >= 0.3 is 0 Å². The Morgan fingerprint density at radius 1 is 1.29 bits per heavy atom. The van der Waals surface area contributed by atoms with Crippen LogP contribution in [0.5, 0.6) is 0 Å². The van der Waals surface area contributed by atoms with Gasteiger partial charge in [0.05, 0.1) is 22.4 Å². The molecular weight excluding hydrogens is 326 g/mol. The Morgan fingerprint density at radius 2 is 2.00 bits per heavy atom. The van der Waals surface area contributed by atoms with Crippen LogP contribution < -0.4 is 5.32 Å². The zero-order chi connectivity index (χ0) is 15.1. The van der Waals surface area contributed by atoms with Gasteiger partial charge in [-0.25, -0.2) is 0 Å². The molecule has 21 heavy (non-hydrogen) atoms. The Balaban J connectivity index is 2.10. The first kappa shape index (κ1) is 17.0. The van der Waals surface area contributed by atoms with Gasteiger partial charge in [0, 0.05) is 6.54 Å². The molecule has 3 nitrogen and oxygen atoms in total. The lowest BCUT2D eigenvalue weighted by atomic mass is 9.91. The summed E-state index contributed by atoms with van der Waals surface area (Å²) in [5.41, 5.74) is 1.34. The molecule has 1 atom stereocenters. The second kappa shape index (κ2) is 8.94. The summed E-state index contributed by atoms with van der Waals surface area (Å²) in [4.78, 5) is 0. The van der Waals surface area contributed by atoms with Gasteiger partial charge in [0.15, 0.2) is 0 Å². The summed E-state index contributed by atoms with van der Waals surface area (Å²) >= 11 is 3.71. The zero-order valence-electron chi connectivity index (χ0n) is 13.6. The van der Waals surface area contributed by atoms with E-state index in [-0.39, 0.29) is 0 Å². The molecule has 4 heteroatoms. The Labute approximate surface area is 138 Å². The maximum Gasteiger partial charge on any atom is 0.0695 e. The van der Waals surface area contributed by atoms with Crippen LogP contribution in [0.1, 0.15) is 76.9 Å². The minimum atomic E-state index is 0.435. The van der Waals surface area contributed by atoms with Crippen LogP contribution >= 0.6 is 15.9 Å². The lowest BCUT2D eigenvalue weighted by Gasteiger charge is -2.25. The highest BCUT2D eigenvalue weighted by molar-refractivity contribution is 9.10. The lowest BCUT2D eigenvalue weighted by Crippen LogP contribution is -2.27. The molecule has 1 aliphatic rings. The number of aromatic nitrogens is 2. The number of aryl methyl sites for hydroxylation is 1. The van der Waals surface area contributed by atoms with E-state index in [0.29, 0.717) is 6.04 Å². The molecule has 1 N–H and O–H groups in total. The second-order valence-electron chi connectivity index (χ2n) is 6.29. The van der Waals surface area contributed by atoms with Crippen LogP contribution in [0.2, 0.25) is 0 Å². The van der Waals surface area contributed by atoms with Gasteiger partial charge in [-0.3, -0.25) is 4.68 Å². The Morgan fingerprint density at radius 3 is 2.62 bits per heavy atom. The number of hydrogen-bond donors (Lipinski definition) is 1. The van der Waals surface area contributed by atoms with E-state index in [0.717, 1.165) is 23.5 Å². The molecule has 0 saturated heterocycles. The molecule has 0 bridgehead atoms. The maximum absolute atomic E-state index is 4.50. The van der Waals surface area contributed by atoms with E-state index in [4.69, 9.17) is 0 Å². The predicted molar refractivity (Wildman–Crippen MR) is 92.4 cm³/mol. The van der Waals surface area contributed by atoms with Crippen molar-refractivity contribution < 1.29 is 0 Å². The first-order valence-electron chi connectivity index (χ1n) is 8.70. The van der Waals surface area contributed by atoms with Crippen LogP contribution in [0, 0.1) is 5.92 Å². The molecule has 0 aliphatic heterocycles. The third-order valence-electron chi connectivity index (χ3n) is 4.65. The van der Waals surface area contributed by atoms with E-state index in [1.165, 1.54) is 57.1 Å². The summed E-state index contributed by atoms with van der Waals surface area (Å²) in [6, 6.07) is 0.435. The number of nitrogens with zero attached hydrogens (tertiary/aromatic N) is 2. The van der Waals surface area contributed by atoms with Crippen molar-refractivity contribution >= 4 is 15.9 Å². The van der Waals surface area contributed by atoms with Crippen molar-refractivity contribution in [3.63, 3.8) is 0 Å². The minimum absolute atomic E-state index is 0.435. The Bertz CT molecular complexity index is 408. The van der Waals surface area contributed by atoms with Crippen molar-refractivity contribution in [1.29, 1.82) is 0 Å². The largest absolute Gasteiger partial charge is 0.309 e. The van der Waals surface area contributed by atoms with E-state index >= 15 is 0 Å². The molecule has 1 heterocycles. The van der Waals surface area contributed by atoms with Crippen molar-refractivity contribution in [2.75, 3.05) is 6.54 Å². The van der Waals surface area contributed by atoms with Crippen LogP contribution in [0.15, 0.2) is 10.7 Å². The zero-order valence-corrected chi connectivity index (χ0v) is 15.2. The summed E-state index contributed by atoms with van der Waals surface area (Å²) in [7, 11) is 0. The molecule has 1 fully saturated rings. The topological polar surface area (TPSA) is 29.9 Å². The molecule has 1 aliphatic carbocycles. The quantitative estimate of drug-likeness (QED) is 0.692. The van der Waals surface area contributed by atoms with Gasteiger partial charge in [-0.1, -0.05) is 45.4 Å². The van der Waals surface area contributed by atoms with Gasteiger partial charge in [0.1, 0.15) is 0 Å². The van der Waals surface area contributed by atoms with E-state index in [9.17, 15) is 0 Å². The van der Waals surface area contributed by atoms with E-state index in [1.807, 2.05) is 6.20 Å². The average molecular weight is 356 g/mol. The van der Waals surface area contributed by atoms with E-state index in [1.54, 1.807) is 0 Å². The molecule has 2 rings (SSSR count). The third kappa shape index (κ3) is 4.82. The smallest absolute Gasteiger partial charge is 0.0695 e. The van der Waals surface area contributed by atoms with Crippen LogP contribution in [0.4, 0.5) is 0 Å². The van der Waals surface area contributed by atoms with Crippen molar-refractivity contribution in [1.82, 2.24) is 15.1 Å². The fraction of sp³-hybridized carbons (Fsp3) is 0.824. The van der Waals surface area contributed by atoms with E-state index in [2.05, 4.69) is 44.9 Å². The van der Waals surface area contributed by atoms with Crippen molar-refractivity contribution in [2.24, 2.45) is 5.92 Å². The van der Waals surface area contributed by atoms with Crippen LogP contribution in [-0.2, 0) is 6.54 Å². The molecule has 1 aromatic rings. The SMILES string of the molecule is CCCNC(CC1CCCCCC1)c1c(Br)cnn1CC. The summed E-state index contributed by atoms with van der Waals surface area (Å²) in [6.45, 7) is 6.43. The van der Waals surface area contributed by atoms with Crippen LogP contribution in [-0.4, -0.2) is 16.3 Å². The van der Waals surface area contributed by atoms with Gasteiger partial charge in [-0.15, -0.1) is 0 Å². The highest BCUT2D eigenvalue weighted by Gasteiger charge is 2.23. The molecule has 0 radical (unpaired) electrons. The first-order chi connectivity index (χ1) is 10.3. The molecule has 0 aromatic carbocycles. The normalized spacial score (nSPS) is 18.6. The second-order valence-corrected chi connectivity index (χ2v) is 7.15. The van der Waals surface area contributed by atoms with Gasteiger partial charge < -0.3 is 5.32 Å². The minimum Gasteiger partial charge on any atom is -0.309 e. The van der Waals surface area contributed by atoms with Crippen molar-refractivity contribution in [2.45, 2.75) is 77.8 Å². The summed E-state index contributed by atoms with van der Waals surface area (Å²) < 4.78 is 3.31. The van der Waals surface area contributed by atoms with Crippen LogP contribution in [0.3, 0.4) is 0 Å². The Hall–Kier alpha value is -0.350. The fourth-order valence-electron chi connectivity index (χ4n) is 3.51. The van der Waals surface area contributed by atoms with Crippen molar-refractivity contribution in [3.8, 4) is 0 Å². The van der Waals surface area contributed by atoms with Crippen LogP contribution in [0.25, 0.3) is 0 Å². The lowest BCUT2D eigenvalue weighted by molar-refractivity contribution is 0.342. The summed E-state index contributed by atoms with van der Waals surface area (Å²) in [6.07, 6.45) is 12.9. The molecular formula is C17H30BrN3.